The Labute approximate surface area is 546 Å². The van der Waals surface area contributed by atoms with Crippen LogP contribution < -0.4 is 31.7 Å². The van der Waals surface area contributed by atoms with Crippen molar-refractivity contribution in [2.45, 2.75) is 125 Å². The Morgan fingerprint density at radius 2 is 1.18 bits per heavy atom. The molecule has 0 spiro atoms. The van der Waals surface area contributed by atoms with Crippen LogP contribution in [0.25, 0.3) is 0 Å². The standard InChI is InChI=1S/C59H84N14O19S2/c1-39-11-13-40(14-12-39)59(2,41-15-17-43(74)18-16-41)20-19-49(77)63-46(55(85)86)33-51(79)64-47(56(87)88)34-50(78)62-45(9-3-4-22-73-35-42(66-69-73)7-5-10-48(76)65-57-67-68-58(93-57)94(60,89)90)54(84)61-21-30-92-32-31-91-29-6-8-44(75)36-70-23-25-71(37-52(80)81)27-28-72(26-24-70)38-53(82)83/h11-18,35,45-47,74H,3-10,19-34,36-38H2,1-2H3,(H,61,84)(H,62,78)(H,63,77)(H,64,79)(H,80,81)(H,82,83)(H,85,86)(H,87,88)(H2,60,89,90)(H,65,67,76)/t45-,46-,47-,59?/m0/s1. The van der Waals surface area contributed by atoms with Gasteiger partial charge in [-0.15, -0.1) is 15.3 Å². The van der Waals surface area contributed by atoms with Crippen molar-refractivity contribution in [1.82, 2.24) is 61.2 Å². The van der Waals surface area contributed by atoms with Gasteiger partial charge in [0.25, 0.3) is 10.0 Å². The molecule has 2 aromatic heterocycles. The Bertz CT molecular complexity index is 3220. The number of nitrogens with two attached hydrogens (primary N) is 1. The molecule has 1 unspecified atom stereocenters. The van der Waals surface area contributed by atoms with E-state index in [1.165, 1.54) is 12.1 Å². The number of aromatic nitrogens is 5. The molecule has 1 saturated heterocycles. The lowest BCUT2D eigenvalue weighted by molar-refractivity contribution is -0.145. The number of unbranched alkanes of at least 4 members (excludes halogenated alkanes) is 1. The summed E-state index contributed by atoms with van der Waals surface area (Å²) in [5.74, 6) is -9.15. The van der Waals surface area contributed by atoms with Crippen LogP contribution in [0.4, 0.5) is 5.13 Å². The Hall–Kier alpha value is -8.45. The maximum atomic E-state index is 13.7. The fraction of sp³-hybridized carbons (Fsp3) is 0.559. The molecule has 94 heavy (non-hydrogen) atoms. The van der Waals surface area contributed by atoms with Gasteiger partial charge in [-0.1, -0.05) is 65.4 Å². The van der Waals surface area contributed by atoms with Crippen LogP contribution in [0.2, 0.25) is 0 Å². The molecule has 0 saturated carbocycles. The van der Waals surface area contributed by atoms with Crippen LogP contribution in [-0.4, -0.2) is 243 Å². The zero-order valence-electron chi connectivity index (χ0n) is 52.4. The second kappa shape index (κ2) is 38.7. The summed E-state index contributed by atoms with van der Waals surface area (Å²) in [7, 11) is -4.08. The molecule has 12 N–H and O–H groups in total. The van der Waals surface area contributed by atoms with E-state index in [1.54, 1.807) is 32.8 Å². The predicted molar refractivity (Wildman–Crippen MR) is 335 cm³/mol. The van der Waals surface area contributed by atoms with Gasteiger partial charge in [-0.05, 0) is 75.1 Å². The van der Waals surface area contributed by atoms with E-state index in [0.717, 1.165) is 16.7 Å². The van der Waals surface area contributed by atoms with E-state index in [2.05, 4.69) is 47.1 Å². The van der Waals surface area contributed by atoms with Crippen LogP contribution >= 0.6 is 11.3 Å². The smallest absolute Gasteiger partial charge is 0.326 e. The predicted octanol–water partition coefficient (Wildman–Crippen LogP) is -0.300. The Kier molecular flexibility index (Phi) is 31.4. The van der Waals surface area contributed by atoms with Gasteiger partial charge in [-0.2, -0.15) is 0 Å². The number of nitrogens with zero attached hydrogens (tertiary/aromatic N) is 8. The first kappa shape index (κ1) is 76.3. The summed E-state index contributed by atoms with van der Waals surface area (Å²) in [4.78, 5) is 132. The van der Waals surface area contributed by atoms with Crippen molar-refractivity contribution in [2.75, 3.05) is 97.2 Å². The van der Waals surface area contributed by atoms with E-state index >= 15 is 0 Å². The van der Waals surface area contributed by atoms with Crippen LogP contribution in [0.1, 0.15) is 99.9 Å². The maximum absolute atomic E-state index is 13.7. The third-order valence-corrected chi connectivity index (χ3v) is 17.3. The van der Waals surface area contributed by atoms with Crippen LogP contribution in [-0.2, 0) is 85.8 Å². The highest BCUT2D eigenvalue weighted by Crippen LogP contribution is 2.37. The molecule has 5 rings (SSSR count). The summed E-state index contributed by atoms with van der Waals surface area (Å²) in [6.07, 6.45) is 1.99. The van der Waals surface area contributed by atoms with Crippen LogP contribution in [0.3, 0.4) is 0 Å². The van der Waals surface area contributed by atoms with Gasteiger partial charge in [0, 0.05) is 89.8 Å². The van der Waals surface area contributed by atoms with E-state index in [-0.39, 0.29) is 101 Å². The summed E-state index contributed by atoms with van der Waals surface area (Å²) in [6, 6.07) is 9.18. The van der Waals surface area contributed by atoms with Gasteiger partial charge in [0.05, 0.1) is 58.0 Å². The number of phenolic OH excluding ortho intramolecular Hbond substituents is 1. The number of carbonyl (C=O) groups excluding carboxylic acids is 6. The van der Waals surface area contributed by atoms with Gasteiger partial charge in [0.1, 0.15) is 29.7 Å². The highest BCUT2D eigenvalue weighted by molar-refractivity contribution is 7.91. The van der Waals surface area contributed by atoms with Crippen LogP contribution in [0.15, 0.2) is 59.1 Å². The fourth-order valence-corrected chi connectivity index (χ4v) is 11.3. The number of carboxylic acids is 4. The minimum absolute atomic E-state index is 0.0140. The average molecular weight is 1360 g/mol. The molecule has 5 amide bonds. The SMILES string of the molecule is Cc1ccc(C(C)(CCC(=O)N[C@@H](CC(=O)N[C@@H](CC(=O)N[C@@H](CCCCn2cc(CCCC(=O)Nc3nnc(S(N)(=O)=O)s3)nn2)C(=O)NCCOCCOCCCC(=O)CN2CCN(CC(=O)O)CCN(CC(=O)O)CC2)C(=O)O)C(=O)O)c2ccc(O)cc2)cc1. The Morgan fingerprint density at radius 1 is 0.638 bits per heavy atom. The van der Waals surface area contributed by atoms with Gasteiger partial charge in [-0.3, -0.25) is 57.7 Å². The van der Waals surface area contributed by atoms with Crippen LogP contribution in [0.5, 0.6) is 5.75 Å². The lowest BCUT2D eigenvalue weighted by Gasteiger charge is -2.31. The van der Waals surface area contributed by atoms with Gasteiger partial charge in [-0.25, -0.2) is 23.1 Å². The van der Waals surface area contributed by atoms with Crippen molar-refractivity contribution < 1.29 is 91.4 Å². The molecule has 0 bridgehead atoms. The number of phenols is 1. The number of carbonyl (C=O) groups is 10. The number of ether oxygens (including phenoxy) is 2. The number of aromatic hydroxyl groups is 1. The first-order valence-electron chi connectivity index (χ1n) is 30.5. The normalized spacial score (nSPS) is 15.0. The number of ketones is 1. The number of benzene rings is 2. The molecule has 4 atom stereocenters. The minimum atomic E-state index is -4.08. The molecule has 1 aliphatic heterocycles. The van der Waals surface area contributed by atoms with E-state index < -0.39 is 104 Å². The third kappa shape index (κ3) is 28.0. The molecule has 2 aromatic carbocycles. The Balaban J connectivity index is 1.10. The maximum Gasteiger partial charge on any atom is 0.326 e. The third-order valence-electron chi connectivity index (χ3n) is 15.2. The largest absolute Gasteiger partial charge is 0.508 e. The summed E-state index contributed by atoms with van der Waals surface area (Å²) >= 11 is 0.607. The summed E-state index contributed by atoms with van der Waals surface area (Å²) in [5, 5.41) is 81.2. The molecule has 1 fully saturated rings. The molecule has 0 aliphatic carbocycles. The van der Waals surface area contributed by atoms with Gasteiger partial charge < -0.3 is 61.6 Å². The number of rotatable bonds is 42. The summed E-state index contributed by atoms with van der Waals surface area (Å²) in [6.45, 7) is 6.73. The molecule has 1 aliphatic rings. The fourth-order valence-electron chi connectivity index (χ4n) is 9.99. The molecule has 33 nitrogen and oxygen atoms in total. The highest BCUT2D eigenvalue weighted by Gasteiger charge is 2.33. The second-order valence-electron chi connectivity index (χ2n) is 22.8. The quantitative estimate of drug-likeness (QED) is 0.0200. The number of anilines is 1. The number of carboxylic acid groups (broad SMARTS) is 4. The van der Waals surface area contributed by atoms with Gasteiger partial charge in [0.2, 0.25) is 39.0 Å². The lowest BCUT2D eigenvalue weighted by atomic mass is 9.73. The van der Waals surface area contributed by atoms with Gasteiger partial charge in [0.15, 0.2) is 0 Å². The summed E-state index contributed by atoms with van der Waals surface area (Å²) < 4.78 is 35.3. The molecular formula is C59H84N14O19S2. The van der Waals surface area contributed by atoms with Crippen LogP contribution in [0, 0.1) is 6.92 Å². The van der Waals surface area contributed by atoms with Crippen molar-refractivity contribution in [2.24, 2.45) is 5.14 Å². The number of sulfonamides is 1. The van der Waals surface area contributed by atoms with Crippen molar-refractivity contribution in [3.8, 4) is 5.75 Å². The van der Waals surface area contributed by atoms with E-state index in [1.807, 2.05) is 43.0 Å². The van der Waals surface area contributed by atoms with Crippen molar-refractivity contribution in [3.63, 3.8) is 0 Å². The number of amides is 5. The topological polar surface area (TPSA) is 477 Å². The number of primary sulfonamides is 1. The van der Waals surface area contributed by atoms with Gasteiger partial charge >= 0.3 is 23.9 Å². The number of hydrogen-bond donors (Lipinski definition) is 11. The van der Waals surface area contributed by atoms with Crippen molar-refractivity contribution >= 4 is 85.7 Å². The van der Waals surface area contributed by atoms with Crippen molar-refractivity contribution in [3.05, 3.63) is 77.1 Å². The zero-order valence-corrected chi connectivity index (χ0v) is 54.1. The van der Waals surface area contributed by atoms with E-state index in [4.69, 9.17) is 14.6 Å². The first-order chi connectivity index (χ1) is 44.6. The zero-order chi connectivity index (χ0) is 68.8. The molecule has 516 valence electrons. The first-order valence-corrected chi connectivity index (χ1v) is 32.8. The molecule has 3 heterocycles. The second-order valence-corrected chi connectivity index (χ2v) is 25.5. The van der Waals surface area contributed by atoms with E-state index in [0.29, 0.717) is 94.9 Å². The van der Waals surface area contributed by atoms with E-state index in [9.17, 15) is 81.9 Å². The number of hydrogen-bond acceptors (Lipinski definition) is 23. The molecular weight excluding hydrogens is 1270 g/mol. The number of aryl methyl sites for hydroxylation is 3. The molecule has 35 heteroatoms. The molecule has 0 radical (unpaired) electrons. The Morgan fingerprint density at radius 3 is 1.73 bits per heavy atom. The summed E-state index contributed by atoms with van der Waals surface area (Å²) in [5.41, 5.74) is 2.41. The lowest BCUT2D eigenvalue weighted by Crippen LogP contribution is -2.51. The van der Waals surface area contributed by atoms with Crippen molar-refractivity contribution in [1.29, 1.82) is 0 Å². The number of Topliss-reactive ketones (excluding diaryl/α,β-unsaturated/α-hetero) is 1. The number of nitrogens with one attached hydrogen (secondary N) is 5. The molecule has 4 aromatic rings. The minimum Gasteiger partial charge on any atom is -0.508 e. The number of aliphatic carboxylic acids is 4. The monoisotopic (exact) mass is 1360 g/mol. The highest BCUT2D eigenvalue weighted by atomic mass is 32.2. The average Bonchev–Trinajstić information content (AvgIpc) is 0.990.